The Hall–Kier alpha value is -7.10. The Bertz CT molecular complexity index is 3580. The van der Waals surface area contributed by atoms with Gasteiger partial charge in [0.1, 0.15) is 11.2 Å². The normalized spacial score (nSPS) is 13.9. The Morgan fingerprint density at radius 3 is 1.92 bits per heavy atom. The van der Waals surface area contributed by atoms with Gasteiger partial charge in [-0.2, -0.15) is 0 Å². The first-order valence-electron chi connectivity index (χ1n) is 21.5. The Labute approximate surface area is 317 Å². The van der Waals surface area contributed by atoms with Crippen LogP contribution in [0.15, 0.2) is 198 Å². The molecule has 2 heterocycles. The van der Waals surface area contributed by atoms with E-state index in [1.165, 1.54) is 4.90 Å². The molecule has 2 aromatic heterocycles. The van der Waals surface area contributed by atoms with E-state index in [0.717, 1.165) is 32.3 Å². The number of rotatable bonds is 5. The fourth-order valence-electron chi connectivity index (χ4n) is 7.77. The van der Waals surface area contributed by atoms with Gasteiger partial charge in [-0.3, -0.25) is 0 Å². The zero-order valence-corrected chi connectivity index (χ0v) is 28.2. The summed E-state index contributed by atoms with van der Waals surface area (Å²) < 4.78 is 84.8. The molecule has 0 saturated carbocycles. The molecule has 0 N–H and O–H groups in total. The zero-order chi connectivity index (χ0) is 41.8. The summed E-state index contributed by atoms with van der Waals surface area (Å²) in [6.45, 7) is 0. The second-order valence-corrected chi connectivity index (χ2v) is 13.1. The van der Waals surface area contributed by atoms with E-state index >= 15 is 0 Å². The Morgan fingerprint density at radius 1 is 0.472 bits per heavy atom. The van der Waals surface area contributed by atoms with E-state index < -0.39 is 18.1 Å². The summed E-state index contributed by atoms with van der Waals surface area (Å²) in [5.74, 6) is 0. The van der Waals surface area contributed by atoms with E-state index in [0.29, 0.717) is 44.2 Å². The highest BCUT2D eigenvalue weighted by molar-refractivity contribution is 6.20. The highest BCUT2D eigenvalue weighted by Crippen LogP contribution is 2.47. The number of hydrogen-bond donors (Lipinski definition) is 0. The topological polar surface area (TPSA) is 21.3 Å². The Balaban J connectivity index is 1.31. The maximum absolute atomic E-state index is 9.83. The molecular formula is C50H32N2O. The van der Waals surface area contributed by atoms with Crippen LogP contribution in [-0.4, -0.2) is 4.57 Å². The highest BCUT2D eigenvalue weighted by Gasteiger charge is 2.24. The third kappa shape index (κ3) is 4.61. The van der Waals surface area contributed by atoms with E-state index in [1.807, 2.05) is 132 Å². The van der Waals surface area contributed by atoms with Crippen molar-refractivity contribution >= 4 is 82.4 Å². The molecule has 0 saturated heterocycles. The lowest BCUT2D eigenvalue weighted by molar-refractivity contribution is 0.672. The van der Waals surface area contributed by atoms with Gasteiger partial charge in [0.25, 0.3) is 0 Å². The SMILES string of the molecule is [2H]c1c([2H])c([2H])c(-n2c3ccccc3c3ccccc32)c(N(c2c([2H])c([2H])c(-c3ccc4ccccc4c3)c([2H])c2[2H])c2cccc3oc4c5ccccc5ccc4c23)c1[2H]. The highest BCUT2D eigenvalue weighted by atomic mass is 16.3. The molecule has 248 valence electrons. The largest absolute Gasteiger partial charge is 0.455 e. The summed E-state index contributed by atoms with van der Waals surface area (Å²) in [5.41, 5.74) is 3.23. The van der Waals surface area contributed by atoms with Gasteiger partial charge in [0.15, 0.2) is 0 Å². The van der Waals surface area contributed by atoms with Gasteiger partial charge in [0.05, 0.1) is 44.4 Å². The minimum absolute atomic E-state index is 0.0561. The average Bonchev–Trinajstić information content (AvgIpc) is 3.84. The number of anilines is 3. The lowest BCUT2D eigenvalue weighted by atomic mass is 10.0. The molecule has 53 heavy (non-hydrogen) atoms. The minimum atomic E-state index is -0.521. The molecule has 9 aromatic carbocycles. The lowest BCUT2D eigenvalue weighted by Crippen LogP contribution is -2.13. The van der Waals surface area contributed by atoms with E-state index in [1.54, 1.807) is 18.2 Å². The second-order valence-electron chi connectivity index (χ2n) is 13.1. The third-order valence-corrected chi connectivity index (χ3v) is 10.2. The molecule has 3 nitrogen and oxygen atoms in total. The van der Waals surface area contributed by atoms with Crippen molar-refractivity contribution in [3.05, 3.63) is 194 Å². The maximum atomic E-state index is 9.83. The first-order valence-corrected chi connectivity index (χ1v) is 17.5. The van der Waals surface area contributed by atoms with Crippen LogP contribution >= 0.6 is 0 Å². The Kier molecular flexibility index (Phi) is 5.01. The summed E-state index contributed by atoms with van der Waals surface area (Å²) in [6, 6.07) is 42.6. The third-order valence-electron chi connectivity index (χ3n) is 10.2. The van der Waals surface area contributed by atoms with Crippen molar-refractivity contribution < 1.29 is 15.4 Å². The van der Waals surface area contributed by atoms with Crippen molar-refractivity contribution in [1.29, 1.82) is 0 Å². The molecule has 0 aliphatic rings. The Morgan fingerprint density at radius 2 is 1.13 bits per heavy atom. The molecule has 0 bridgehead atoms. The van der Waals surface area contributed by atoms with Gasteiger partial charge in [-0.25, -0.2) is 0 Å². The summed E-state index contributed by atoms with van der Waals surface area (Å²) in [5, 5.41) is 6.67. The molecule has 0 unspecified atom stereocenters. The number of hydrogen-bond acceptors (Lipinski definition) is 2. The molecule has 0 spiro atoms. The van der Waals surface area contributed by atoms with Crippen LogP contribution in [0.2, 0.25) is 0 Å². The van der Waals surface area contributed by atoms with Gasteiger partial charge in [-0.15, -0.1) is 0 Å². The van der Waals surface area contributed by atoms with Gasteiger partial charge in [-0.05, 0) is 87.9 Å². The molecule has 0 fully saturated rings. The molecule has 0 atom stereocenters. The lowest BCUT2D eigenvalue weighted by Gasteiger charge is -2.29. The van der Waals surface area contributed by atoms with Crippen molar-refractivity contribution in [1.82, 2.24) is 4.57 Å². The fourth-order valence-corrected chi connectivity index (χ4v) is 7.77. The number of aromatic nitrogens is 1. The molecule has 0 aliphatic carbocycles. The van der Waals surface area contributed by atoms with Crippen molar-refractivity contribution in [2.45, 2.75) is 0 Å². The number of nitrogens with zero attached hydrogens (tertiary/aromatic N) is 2. The number of para-hydroxylation sites is 4. The first kappa shape index (κ1) is 22.7. The molecular weight excluding hydrogens is 645 g/mol. The predicted octanol–water partition coefficient (Wildman–Crippen LogP) is 14.1. The van der Waals surface area contributed by atoms with Crippen LogP contribution < -0.4 is 4.90 Å². The van der Waals surface area contributed by atoms with Crippen molar-refractivity contribution in [2.24, 2.45) is 0 Å². The van der Waals surface area contributed by atoms with E-state index in [2.05, 4.69) is 0 Å². The molecule has 11 rings (SSSR count). The molecule has 11 aromatic rings. The summed E-state index contributed by atoms with van der Waals surface area (Å²) in [6.07, 6.45) is 0. The van der Waals surface area contributed by atoms with Gasteiger partial charge < -0.3 is 13.9 Å². The van der Waals surface area contributed by atoms with Crippen molar-refractivity contribution in [2.75, 3.05) is 4.90 Å². The zero-order valence-electron chi connectivity index (χ0n) is 36.2. The van der Waals surface area contributed by atoms with Gasteiger partial charge >= 0.3 is 0 Å². The molecule has 0 aliphatic heterocycles. The summed E-state index contributed by atoms with van der Waals surface area (Å²) in [7, 11) is 0. The van der Waals surface area contributed by atoms with Crippen LogP contribution in [0.5, 0.6) is 0 Å². The molecule has 0 amide bonds. The quantitative estimate of drug-likeness (QED) is 0.180. The van der Waals surface area contributed by atoms with Gasteiger partial charge in [0, 0.05) is 27.2 Å². The fraction of sp³-hybridized carbons (Fsp3) is 0. The van der Waals surface area contributed by atoms with E-state index in [-0.39, 0.29) is 52.8 Å². The van der Waals surface area contributed by atoms with Crippen LogP contribution in [-0.2, 0) is 0 Å². The van der Waals surface area contributed by atoms with Gasteiger partial charge in [-0.1, -0.05) is 133 Å². The second kappa shape index (κ2) is 11.7. The average molecular weight is 685 g/mol. The number of fused-ring (bicyclic) bond motifs is 9. The molecule has 3 heteroatoms. The number of benzene rings is 9. The van der Waals surface area contributed by atoms with Crippen molar-refractivity contribution in [3.63, 3.8) is 0 Å². The van der Waals surface area contributed by atoms with E-state index in [4.69, 9.17) is 7.16 Å². The van der Waals surface area contributed by atoms with Gasteiger partial charge in [0.2, 0.25) is 0 Å². The summed E-state index contributed by atoms with van der Waals surface area (Å²) >= 11 is 0. The first-order chi connectivity index (χ1) is 29.6. The van der Waals surface area contributed by atoms with Crippen LogP contribution in [0.1, 0.15) is 11.0 Å². The van der Waals surface area contributed by atoms with Crippen LogP contribution in [0, 0.1) is 0 Å². The monoisotopic (exact) mass is 684 g/mol. The predicted molar refractivity (Wildman–Crippen MR) is 223 cm³/mol. The molecule has 0 radical (unpaired) electrons. The smallest absolute Gasteiger partial charge is 0.143 e. The van der Waals surface area contributed by atoms with Crippen LogP contribution in [0.25, 0.3) is 82.1 Å². The summed E-state index contributed by atoms with van der Waals surface area (Å²) in [4.78, 5) is 1.49. The minimum Gasteiger partial charge on any atom is -0.455 e. The van der Waals surface area contributed by atoms with Crippen LogP contribution in [0.4, 0.5) is 17.1 Å². The van der Waals surface area contributed by atoms with Crippen molar-refractivity contribution in [3.8, 4) is 16.8 Å². The van der Waals surface area contributed by atoms with E-state index in [9.17, 15) is 8.22 Å². The van der Waals surface area contributed by atoms with Crippen LogP contribution in [0.3, 0.4) is 0 Å². The number of furan rings is 1. The standard InChI is InChI=1S/C50H32N2O/c1-2-14-36-32-37(25-24-33(36)12-1)34-26-29-38(30-27-34)51(47-22-11-23-48-49(47)42-31-28-35-13-3-4-15-39(35)50(42)53-48)45-20-9-10-21-46(45)52-43-18-7-5-16-40(43)41-17-6-8-19-44(41)52/h1-32H/i9D,10D,20D,21D,26D,27D,29D,30D. The maximum Gasteiger partial charge on any atom is 0.143 e.